The van der Waals surface area contributed by atoms with Crippen LogP contribution in [-0.2, 0) is 6.54 Å². The quantitative estimate of drug-likeness (QED) is 0.886. The van der Waals surface area contributed by atoms with Crippen molar-refractivity contribution >= 4 is 11.7 Å². The molecule has 0 aliphatic carbocycles. The van der Waals surface area contributed by atoms with Crippen molar-refractivity contribution in [2.24, 2.45) is 0 Å². The minimum Gasteiger partial charge on any atom is -0.368 e. The third-order valence-electron chi connectivity index (χ3n) is 2.85. The number of nitrogens with zero attached hydrogens (tertiary/aromatic N) is 2. The van der Waals surface area contributed by atoms with Crippen LogP contribution < -0.4 is 10.6 Å². The minimum absolute atomic E-state index is 0.0337. The van der Waals surface area contributed by atoms with Gasteiger partial charge in [0.05, 0.1) is 17.8 Å². The van der Waals surface area contributed by atoms with Crippen LogP contribution in [0.2, 0.25) is 0 Å². The molecule has 0 bridgehead atoms. The number of rotatable bonds is 5. The molecular weight excluding hydrogens is 271 g/mol. The van der Waals surface area contributed by atoms with Crippen molar-refractivity contribution in [1.29, 1.82) is 0 Å². The molecule has 21 heavy (non-hydrogen) atoms. The van der Waals surface area contributed by atoms with Crippen LogP contribution in [0.1, 0.15) is 28.7 Å². The molecule has 0 atom stereocenters. The number of halogens is 1. The Bertz CT molecular complexity index is 645. The number of nitrogens with one attached hydrogen (secondary N) is 2. The summed E-state index contributed by atoms with van der Waals surface area (Å²) in [6.45, 7) is 4.48. The number of pyridine rings is 2. The summed E-state index contributed by atoms with van der Waals surface area (Å²) < 4.78 is 14.1. The lowest BCUT2D eigenvalue weighted by Crippen LogP contribution is -2.25. The predicted molar refractivity (Wildman–Crippen MR) is 78.5 cm³/mol. The second kappa shape index (κ2) is 6.78. The van der Waals surface area contributed by atoms with Gasteiger partial charge in [-0.3, -0.25) is 9.78 Å². The van der Waals surface area contributed by atoms with Crippen molar-refractivity contribution in [2.75, 3.05) is 11.9 Å². The molecule has 0 saturated heterocycles. The second-order valence-corrected chi connectivity index (χ2v) is 4.50. The van der Waals surface area contributed by atoms with Gasteiger partial charge in [-0.2, -0.15) is 0 Å². The fourth-order valence-corrected chi connectivity index (χ4v) is 1.87. The molecule has 110 valence electrons. The Morgan fingerprint density at radius 1 is 1.33 bits per heavy atom. The lowest BCUT2D eigenvalue weighted by molar-refractivity contribution is 0.0946. The number of carbonyl (C=O) groups excluding carboxylic acids is 1. The van der Waals surface area contributed by atoms with E-state index in [-0.39, 0.29) is 17.9 Å². The van der Waals surface area contributed by atoms with E-state index >= 15 is 0 Å². The van der Waals surface area contributed by atoms with Gasteiger partial charge in [0.2, 0.25) is 0 Å². The lowest BCUT2D eigenvalue weighted by atomic mass is 10.2. The highest BCUT2D eigenvalue weighted by atomic mass is 19.1. The first-order valence-corrected chi connectivity index (χ1v) is 6.71. The Kier molecular flexibility index (Phi) is 4.81. The molecular formula is C15H17FN4O. The van der Waals surface area contributed by atoms with Gasteiger partial charge in [0.15, 0.2) is 11.6 Å². The van der Waals surface area contributed by atoms with E-state index in [0.29, 0.717) is 6.54 Å². The maximum Gasteiger partial charge on any atom is 0.254 e. The standard InChI is InChI=1S/C15H17FN4O/c1-3-17-14-13(16)12(7-8-18-14)15(21)19-9-11-6-4-5-10(2)20-11/h4-8H,3,9H2,1-2H3,(H,17,18)(H,19,21). The van der Waals surface area contributed by atoms with Gasteiger partial charge in [-0.05, 0) is 32.0 Å². The van der Waals surface area contributed by atoms with Crippen LogP contribution in [0.5, 0.6) is 0 Å². The highest BCUT2D eigenvalue weighted by molar-refractivity contribution is 5.95. The van der Waals surface area contributed by atoms with Crippen molar-refractivity contribution in [3.63, 3.8) is 0 Å². The van der Waals surface area contributed by atoms with Crippen LogP contribution in [0.15, 0.2) is 30.5 Å². The van der Waals surface area contributed by atoms with Gasteiger partial charge in [0, 0.05) is 18.4 Å². The summed E-state index contributed by atoms with van der Waals surface area (Å²) >= 11 is 0. The van der Waals surface area contributed by atoms with E-state index in [4.69, 9.17) is 0 Å². The van der Waals surface area contributed by atoms with Gasteiger partial charge in [-0.1, -0.05) is 6.07 Å². The average Bonchev–Trinajstić information content (AvgIpc) is 2.47. The fourth-order valence-electron chi connectivity index (χ4n) is 1.87. The van der Waals surface area contributed by atoms with E-state index in [1.54, 1.807) is 6.07 Å². The number of carbonyl (C=O) groups is 1. The summed E-state index contributed by atoms with van der Waals surface area (Å²) in [6.07, 6.45) is 1.40. The fraction of sp³-hybridized carbons (Fsp3) is 0.267. The monoisotopic (exact) mass is 288 g/mol. The summed E-state index contributed by atoms with van der Waals surface area (Å²) in [6, 6.07) is 6.89. The van der Waals surface area contributed by atoms with Crippen molar-refractivity contribution in [3.8, 4) is 0 Å². The van der Waals surface area contributed by atoms with Gasteiger partial charge >= 0.3 is 0 Å². The van der Waals surface area contributed by atoms with E-state index in [9.17, 15) is 9.18 Å². The third kappa shape index (κ3) is 3.75. The van der Waals surface area contributed by atoms with Crippen molar-refractivity contribution in [2.45, 2.75) is 20.4 Å². The Balaban J connectivity index is 2.08. The zero-order valence-corrected chi connectivity index (χ0v) is 12.0. The zero-order valence-electron chi connectivity index (χ0n) is 12.0. The SMILES string of the molecule is CCNc1nccc(C(=O)NCc2cccc(C)n2)c1F. The van der Waals surface area contributed by atoms with Crippen LogP contribution in [0.3, 0.4) is 0 Å². The highest BCUT2D eigenvalue weighted by Gasteiger charge is 2.15. The van der Waals surface area contributed by atoms with Crippen molar-refractivity contribution in [3.05, 3.63) is 53.2 Å². The molecule has 0 aliphatic heterocycles. The Morgan fingerprint density at radius 3 is 2.86 bits per heavy atom. The van der Waals surface area contributed by atoms with Crippen molar-refractivity contribution in [1.82, 2.24) is 15.3 Å². The Morgan fingerprint density at radius 2 is 2.14 bits per heavy atom. The molecule has 0 aliphatic rings. The van der Waals surface area contributed by atoms with E-state index in [0.717, 1.165) is 11.4 Å². The highest BCUT2D eigenvalue weighted by Crippen LogP contribution is 2.14. The first-order chi connectivity index (χ1) is 10.1. The largest absolute Gasteiger partial charge is 0.368 e. The van der Waals surface area contributed by atoms with Gasteiger partial charge in [0.25, 0.3) is 5.91 Å². The van der Waals surface area contributed by atoms with Gasteiger partial charge < -0.3 is 10.6 Å². The summed E-state index contributed by atoms with van der Waals surface area (Å²) in [4.78, 5) is 20.2. The van der Waals surface area contributed by atoms with E-state index < -0.39 is 11.7 Å². The molecule has 0 radical (unpaired) electrons. The van der Waals surface area contributed by atoms with Crippen molar-refractivity contribution < 1.29 is 9.18 Å². The van der Waals surface area contributed by atoms with Crippen LogP contribution in [-0.4, -0.2) is 22.4 Å². The number of aromatic nitrogens is 2. The average molecular weight is 288 g/mol. The lowest BCUT2D eigenvalue weighted by Gasteiger charge is -2.09. The number of aryl methyl sites for hydroxylation is 1. The number of amides is 1. The Hall–Kier alpha value is -2.50. The van der Waals surface area contributed by atoms with E-state index in [1.807, 2.05) is 26.0 Å². The van der Waals surface area contributed by atoms with E-state index in [1.165, 1.54) is 12.3 Å². The van der Waals surface area contributed by atoms with Gasteiger partial charge in [0.1, 0.15) is 0 Å². The van der Waals surface area contributed by atoms with Gasteiger partial charge in [-0.15, -0.1) is 0 Å². The normalized spacial score (nSPS) is 10.2. The van der Waals surface area contributed by atoms with Crippen LogP contribution >= 0.6 is 0 Å². The van der Waals surface area contributed by atoms with Crippen LogP contribution in [0, 0.1) is 12.7 Å². The van der Waals surface area contributed by atoms with E-state index in [2.05, 4.69) is 20.6 Å². The molecule has 0 saturated carbocycles. The molecule has 2 rings (SSSR count). The molecule has 2 aromatic rings. The first kappa shape index (κ1) is 14.9. The number of anilines is 1. The topological polar surface area (TPSA) is 66.9 Å². The Labute approximate surface area is 122 Å². The minimum atomic E-state index is -0.644. The van der Waals surface area contributed by atoms with Crippen LogP contribution in [0.25, 0.3) is 0 Å². The molecule has 2 heterocycles. The molecule has 2 N–H and O–H groups in total. The first-order valence-electron chi connectivity index (χ1n) is 6.71. The summed E-state index contributed by atoms with van der Waals surface area (Å²) in [5, 5.41) is 5.43. The maximum atomic E-state index is 14.1. The number of hydrogen-bond acceptors (Lipinski definition) is 4. The second-order valence-electron chi connectivity index (χ2n) is 4.50. The molecule has 0 unspecified atom stereocenters. The molecule has 0 spiro atoms. The summed E-state index contributed by atoms with van der Waals surface area (Å²) in [7, 11) is 0. The maximum absolute atomic E-state index is 14.1. The molecule has 0 fully saturated rings. The summed E-state index contributed by atoms with van der Waals surface area (Å²) in [5.41, 5.74) is 1.56. The predicted octanol–water partition coefficient (Wildman–Crippen LogP) is 2.29. The third-order valence-corrected chi connectivity index (χ3v) is 2.85. The molecule has 5 nitrogen and oxygen atoms in total. The van der Waals surface area contributed by atoms with Crippen LogP contribution in [0.4, 0.5) is 10.2 Å². The summed E-state index contributed by atoms with van der Waals surface area (Å²) in [5.74, 6) is -1.05. The molecule has 1 amide bonds. The molecule has 2 aromatic heterocycles. The molecule has 6 heteroatoms. The number of hydrogen-bond donors (Lipinski definition) is 2. The molecule has 0 aromatic carbocycles. The van der Waals surface area contributed by atoms with Gasteiger partial charge in [-0.25, -0.2) is 9.37 Å². The zero-order chi connectivity index (χ0) is 15.2. The smallest absolute Gasteiger partial charge is 0.254 e.